The third-order valence-electron chi connectivity index (χ3n) is 5.37. The van der Waals surface area contributed by atoms with Crippen LogP contribution in [0.5, 0.6) is 0 Å². The molecule has 2 aromatic carbocycles. The van der Waals surface area contributed by atoms with Crippen molar-refractivity contribution in [2.45, 2.75) is 19.3 Å². The number of esters is 1. The van der Waals surface area contributed by atoms with Gasteiger partial charge in [-0.1, -0.05) is 35.9 Å². The van der Waals surface area contributed by atoms with E-state index in [-0.39, 0.29) is 18.4 Å². The molecule has 1 aliphatic carbocycles. The van der Waals surface area contributed by atoms with Gasteiger partial charge in [0.1, 0.15) is 5.41 Å². The fourth-order valence-corrected chi connectivity index (χ4v) is 4.32. The Morgan fingerprint density at radius 1 is 1.19 bits per heavy atom. The molecule has 0 unspecified atom stereocenters. The number of rotatable bonds is 4. The quantitative estimate of drug-likeness (QED) is 0.600. The van der Waals surface area contributed by atoms with Crippen molar-refractivity contribution in [3.63, 3.8) is 0 Å². The topological polar surface area (TPSA) is 63.7 Å². The van der Waals surface area contributed by atoms with Crippen LogP contribution < -0.4 is 4.90 Å². The molecular formula is C21H18ClNO4. The Bertz CT molecular complexity index is 955. The molecule has 0 bridgehead atoms. The number of anilines is 1. The summed E-state index contributed by atoms with van der Waals surface area (Å²) in [6, 6.07) is 13.9. The van der Waals surface area contributed by atoms with Crippen LogP contribution >= 0.6 is 11.6 Å². The largest absolute Gasteiger partial charge is 0.466 e. The molecule has 1 saturated carbocycles. The number of hydrogen-bond acceptors (Lipinski definition) is 4. The molecule has 5 nitrogen and oxygen atoms in total. The average Bonchev–Trinajstić information content (AvgIpc) is 3.28. The SMILES string of the molecule is CCOC(=O)[C@@H]1[C@@H]2C(=O)N(c3cccc(C)c3)C(=O)[C@]12c1ccc(Cl)cc1. The standard InChI is InChI=1S/C21H18ClNO4/c1-3-27-19(25)17-16-18(24)23(15-6-4-5-12(2)11-15)20(26)21(16,17)13-7-9-14(22)10-8-13/h4-11,16-17H,3H2,1-2H3/t16-,17+,21+/m1/s1. The minimum Gasteiger partial charge on any atom is -0.466 e. The highest BCUT2D eigenvalue weighted by Gasteiger charge is 2.83. The van der Waals surface area contributed by atoms with E-state index >= 15 is 0 Å². The summed E-state index contributed by atoms with van der Waals surface area (Å²) in [6.07, 6.45) is 0. The van der Waals surface area contributed by atoms with E-state index in [4.69, 9.17) is 16.3 Å². The Morgan fingerprint density at radius 3 is 2.52 bits per heavy atom. The molecule has 4 rings (SSSR count). The lowest BCUT2D eigenvalue weighted by Crippen LogP contribution is -2.40. The first-order valence-electron chi connectivity index (χ1n) is 8.80. The number of carbonyl (C=O) groups excluding carboxylic acids is 3. The van der Waals surface area contributed by atoms with Crippen molar-refractivity contribution < 1.29 is 19.1 Å². The number of ether oxygens (including phenoxy) is 1. The summed E-state index contributed by atoms with van der Waals surface area (Å²) in [6.45, 7) is 3.79. The molecule has 2 amide bonds. The van der Waals surface area contributed by atoms with Gasteiger partial charge in [-0.3, -0.25) is 14.4 Å². The number of nitrogens with zero attached hydrogens (tertiary/aromatic N) is 1. The molecule has 2 fully saturated rings. The highest BCUT2D eigenvalue weighted by molar-refractivity contribution is 6.32. The predicted molar refractivity (Wildman–Crippen MR) is 100 cm³/mol. The van der Waals surface area contributed by atoms with E-state index in [1.54, 1.807) is 49.4 Å². The van der Waals surface area contributed by atoms with Crippen LogP contribution in [0.15, 0.2) is 48.5 Å². The van der Waals surface area contributed by atoms with Crippen LogP contribution in [-0.2, 0) is 24.5 Å². The second kappa shape index (κ2) is 6.20. The third-order valence-corrected chi connectivity index (χ3v) is 5.62. The van der Waals surface area contributed by atoms with Crippen molar-refractivity contribution in [3.05, 3.63) is 64.7 Å². The van der Waals surface area contributed by atoms with Crippen LogP contribution in [0.25, 0.3) is 0 Å². The second-order valence-corrected chi connectivity index (χ2v) is 7.34. The van der Waals surface area contributed by atoms with Gasteiger partial charge in [0.25, 0.3) is 0 Å². The van der Waals surface area contributed by atoms with Crippen LogP contribution in [0.2, 0.25) is 5.02 Å². The minimum absolute atomic E-state index is 0.197. The second-order valence-electron chi connectivity index (χ2n) is 6.90. The maximum Gasteiger partial charge on any atom is 0.311 e. The molecule has 2 aromatic rings. The summed E-state index contributed by atoms with van der Waals surface area (Å²) in [5.74, 6) is -2.80. The maximum absolute atomic E-state index is 13.5. The molecule has 0 spiro atoms. The van der Waals surface area contributed by atoms with Gasteiger partial charge in [-0.25, -0.2) is 4.90 Å². The van der Waals surface area contributed by atoms with Crippen molar-refractivity contribution in [1.82, 2.24) is 0 Å². The van der Waals surface area contributed by atoms with Crippen LogP contribution in [0, 0.1) is 18.8 Å². The first-order valence-corrected chi connectivity index (χ1v) is 9.18. The zero-order valence-corrected chi connectivity index (χ0v) is 15.7. The van der Waals surface area contributed by atoms with Gasteiger partial charge < -0.3 is 4.74 Å². The van der Waals surface area contributed by atoms with Crippen LogP contribution in [0.4, 0.5) is 5.69 Å². The first kappa shape index (κ1) is 17.7. The normalized spacial score (nSPS) is 26.1. The van der Waals surface area contributed by atoms with Gasteiger partial charge in [0.05, 0.1) is 24.1 Å². The average molecular weight is 384 g/mol. The van der Waals surface area contributed by atoms with E-state index in [0.29, 0.717) is 16.3 Å². The number of hydrogen-bond donors (Lipinski definition) is 0. The Kier molecular flexibility index (Phi) is 4.07. The Hall–Kier alpha value is -2.66. The van der Waals surface area contributed by atoms with Gasteiger partial charge in [0.2, 0.25) is 11.8 Å². The van der Waals surface area contributed by atoms with E-state index in [1.165, 1.54) is 4.90 Å². The number of imide groups is 1. The predicted octanol–water partition coefficient (Wildman–Crippen LogP) is 3.27. The molecule has 0 aromatic heterocycles. The lowest BCUT2D eigenvalue weighted by molar-refractivity contribution is -0.147. The number of benzene rings is 2. The molecule has 6 heteroatoms. The highest BCUT2D eigenvalue weighted by Crippen LogP contribution is 2.66. The summed E-state index contributed by atoms with van der Waals surface area (Å²) in [5, 5.41) is 0.521. The Labute approximate surface area is 161 Å². The van der Waals surface area contributed by atoms with Gasteiger partial charge in [0.15, 0.2) is 0 Å². The summed E-state index contributed by atoms with van der Waals surface area (Å²) >= 11 is 5.98. The molecule has 1 aliphatic heterocycles. The highest BCUT2D eigenvalue weighted by atomic mass is 35.5. The molecule has 3 atom stereocenters. The number of piperidine rings is 1. The van der Waals surface area contributed by atoms with E-state index in [1.807, 2.05) is 13.0 Å². The van der Waals surface area contributed by atoms with E-state index in [0.717, 1.165) is 5.56 Å². The molecule has 1 saturated heterocycles. The Morgan fingerprint density at radius 2 is 1.89 bits per heavy atom. The zero-order valence-electron chi connectivity index (χ0n) is 14.9. The molecule has 2 aliphatic rings. The van der Waals surface area contributed by atoms with Crippen molar-refractivity contribution in [1.29, 1.82) is 0 Å². The monoisotopic (exact) mass is 383 g/mol. The molecule has 138 valence electrons. The number of amides is 2. The van der Waals surface area contributed by atoms with Crippen molar-refractivity contribution in [2.24, 2.45) is 11.8 Å². The van der Waals surface area contributed by atoms with Crippen LogP contribution in [0.3, 0.4) is 0 Å². The van der Waals surface area contributed by atoms with Crippen molar-refractivity contribution in [2.75, 3.05) is 11.5 Å². The summed E-state index contributed by atoms with van der Waals surface area (Å²) < 4.78 is 5.14. The van der Waals surface area contributed by atoms with Crippen LogP contribution in [0.1, 0.15) is 18.1 Å². The third kappa shape index (κ3) is 2.42. The van der Waals surface area contributed by atoms with Gasteiger partial charge in [-0.2, -0.15) is 0 Å². The van der Waals surface area contributed by atoms with E-state index < -0.39 is 23.2 Å². The number of fused-ring (bicyclic) bond motifs is 1. The van der Waals surface area contributed by atoms with Crippen LogP contribution in [-0.4, -0.2) is 24.4 Å². The smallest absolute Gasteiger partial charge is 0.311 e. The van der Waals surface area contributed by atoms with Gasteiger partial charge in [0, 0.05) is 5.02 Å². The zero-order chi connectivity index (χ0) is 19.3. The maximum atomic E-state index is 13.5. The first-order chi connectivity index (χ1) is 12.9. The van der Waals surface area contributed by atoms with Gasteiger partial charge in [-0.15, -0.1) is 0 Å². The van der Waals surface area contributed by atoms with Gasteiger partial charge in [-0.05, 0) is 49.2 Å². The lowest BCUT2D eigenvalue weighted by Gasteiger charge is -2.22. The molecule has 0 N–H and O–H groups in total. The molecule has 27 heavy (non-hydrogen) atoms. The Balaban J connectivity index is 1.81. The van der Waals surface area contributed by atoms with Crippen molar-refractivity contribution >= 4 is 35.1 Å². The van der Waals surface area contributed by atoms with Gasteiger partial charge >= 0.3 is 5.97 Å². The van der Waals surface area contributed by atoms with Crippen molar-refractivity contribution in [3.8, 4) is 0 Å². The lowest BCUT2D eigenvalue weighted by atomic mass is 9.91. The van der Waals surface area contributed by atoms with E-state index in [9.17, 15) is 14.4 Å². The summed E-state index contributed by atoms with van der Waals surface area (Å²) in [7, 11) is 0. The fourth-order valence-electron chi connectivity index (χ4n) is 4.19. The molecule has 1 heterocycles. The molecule has 0 radical (unpaired) electrons. The van der Waals surface area contributed by atoms with E-state index in [2.05, 4.69) is 0 Å². The summed E-state index contributed by atoms with van der Waals surface area (Å²) in [4.78, 5) is 40.2. The fraction of sp³-hybridized carbons (Fsp3) is 0.286. The minimum atomic E-state index is -1.21. The number of halogens is 1. The number of aryl methyl sites for hydroxylation is 1. The molecular weight excluding hydrogens is 366 g/mol. The number of carbonyl (C=O) groups is 3. The summed E-state index contributed by atoms with van der Waals surface area (Å²) in [5.41, 5.74) is 0.866.